The fourth-order valence-corrected chi connectivity index (χ4v) is 4.02. The summed E-state index contributed by atoms with van der Waals surface area (Å²) in [5, 5.41) is 5.14. The van der Waals surface area contributed by atoms with Crippen molar-refractivity contribution in [1.29, 1.82) is 0 Å². The Balaban J connectivity index is 1.90. The molecule has 0 bridgehead atoms. The number of likely N-dealkylation sites (N-methyl/N-ethyl adjacent to an activating group) is 1. The number of nitrogens with zero attached hydrogens (tertiary/aromatic N) is 1. The third-order valence-electron chi connectivity index (χ3n) is 4.91. The van der Waals surface area contributed by atoms with Crippen LogP contribution in [0.5, 0.6) is 0 Å². The topological polar surface area (TPSA) is 32.3 Å². The van der Waals surface area contributed by atoms with E-state index in [1.54, 1.807) is 24.3 Å². The quantitative estimate of drug-likeness (QED) is 0.745. The Bertz CT molecular complexity index is 779. The number of amides is 1. The fourth-order valence-electron chi connectivity index (χ4n) is 3.59. The minimum atomic E-state index is 0.0288. The highest BCUT2D eigenvalue weighted by Crippen LogP contribution is 2.32. The van der Waals surface area contributed by atoms with E-state index in [1.807, 2.05) is 30.0 Å². The number of piperidine rings is 1. The summed E-state index contributed by atoms with van der Waals surface area (Å²) in [5.41, 5.74) is 1.75. The summed E-state index contributed by atoms with van der Waals surface area (Å²) in [6.45, 7) is 4.34. The van der Waals surface area contributed by atoms with Gasteiger partial charge in [0.15, 0.2) is 0 Å². The number of nitrogens with one attached hydrogen (secondary N) is 1. The molecule has 2 aromatic rings. The first kappa shape index (κ1) is 19.5. The first-order chi connectivity index (χ1) is 12.5. The molecule has 6 heteroatoms. The Hall–Kier alpha value is -1.26. The van der Waals surface area contributed by atoms with Crippen molar-refractivity contribution in [2.45, 2.75) is 25.3 Å². The minimum absolute atomic E-state index is 0.0288. The van der Waals surface area contributed by atoms with Crippen LogP contribution in [0.4, 0.5) is 0 Å². The molecule has 0 spiro atoms. The number of carbonyl (C=O) groups is 1. The van der Waals surface area contributed by atoms with Crippen LogP contribution in [0.2, 0.25) is 15.1 Å². The molecule has 1 aliphatic rings. The van der Waals surface area contributed by atoms with E-state index in [0.717, 1.165) is 25.1 Å². The van der Waals surface area contributed by atoms with Crippen LogP contribution >= 0.6 is 34.8 Å². The lowest BCUT2D eigenvalue weighted by molar-refractivity contribution is 0.0628. The van der Waals surface area contributed by atoms with Gasteiger partial charge in [-0.3, -0.25) is 4.79 Å². The zero-order valence-electron chi connectivity index (χ0n) is 14.5. The van der Waals surface area contributed by atoms with Crippen LogP contribution < -0.4 is 5.32 Å². The summed E-state index contributed by atoms with van der Waals surface area (Å²) in [5.74, 6) is 0.191. The lowest BCUT2D eigenvalue weighted by Crippen LogP contribution is -2.50. The SMILES string of the molecule is CCN(C(=O)c1ccc(Cl)cc1)[C@@H]1CCNC[C@H]1c1ccc(Cl)c(Cl)c1. The van der Waals surface area contributed by atoms with Gasteiger partial charge >= 0.3 is 0 Å². The Morgan fingerprint density at radius 1 is 1.12 bits per heavy atom. The molecule has 26 heavy (non-hydrogen) atoms. The van der Waals surface area contributed by atoms with E-state index in [-0.39, 0.29) is 17.9 Å². The van der Waals surface area contributed by atoms with Gasteiger partial charge in [-0.25, -0.2) is 0 Å². The first-order valence-corrected chi connectivity index (χ1v) is 9.87. The van der Waals surface area contributed by atoms with Crippen LogP contribution in [0.25, 0.3) is 0 Å². The van der Waals surface area contributed by atoms with Crippen LogP contribution in [0.15, 0.2) is 42.5 Å². The summed E-state index contributed by atoms with van der Waals surface area (Å²) in [6.07, 6.45) is 0.887. The van der Waals surface area contributed by atoms with Crippen molar-refractivity contribution >= 4 is 40.7 Å². The van der Waals surface area contributed by atoms with Gasteiger partial charge in [0.05, 0.1) is 10.0 Å². The van der Waals surface area contributed by atoms with Gasteiger partial charge in [-0.05, 0) is 61.9 Å². The standard InChI is InChI=1S/C20H21Cl3N2O/c1-2-25(20(26)13-3-6-15(21)7-4-13)19-9-10-24-12-16(19)14-5-8-17(22)18(23)11-14/h3-8,11,16,19,24H,2,9-10,12H2,1H3/t16-,19+/m0/s1. The number of halogens is 3. The Kier molecular flexibility index (Phi) is 6.46. The number of benzene rings is 2. The molecule has 1 aliphatic heterocycles. The van der Waals surface area contributed by atoms with Crippen LogP contribution in [0, 0.1) is 0 Å². The molecule has 0 aliphatic carbocycles. The molecule has 3 rings (SSSR count). The normalized spacial score (nSPS) is 20.0. The molecule has 1 amide bonds. The Morgan fingerprint density at radius 2 is 1.85 bits per heavy atom. The lowest BCUT2D eigenvalue weighted by Gasteiger charge is -2.40. The van der Waals surface area contributed by atoms with Gasteiger partial charge in [0, 0.05) is 35.6 Å². The average Bonchev–Trinajstić information content (AvgIpc) is 2.65. The predicted octanol–water partition coefficient (Wildman–Crippen LogP) is 5.25. The molecule has 2 atom stereocenters. The Morgan fingerprint density at radius 3 is 2.50 bits per heavy atom. The van der Waals surface area contributed by atoms with Crippen molar-refractivity contribution in [2.75, 3.05) is 19.6 Å². The third-order valence-corrected chi connectivity index (χ3v) is 5.90. The number of hydrogen-bond donors (Lipinski definition) is 1. The molecule has 1 heterocycles. The second-order valence-corrected chi connectivity index (χ2v) is 7.69. The maximum absolute atomic E-state index is 13.1. The van der Waals surface area contributed by atoms with Gasteiger partial charge in [0.1, 0.15) is 0 Å². The molecule has 0 unspecified atom stereocenters. The molecular formula is C20H21Cl3N2O. The van der Waals surface area contributed by atoms with E-state index in [4.69, 9.17) is 34.8 Å². The molecule has 1 fully saturated rings. The summed E-state index contributed by atoms with van der Waals surface area (Å²) < 4.78 is 0. The predicted molar refractivity (Wildman–Crippen MR) is 109 cm³/mol. The van der Waals surface area contributed by atoms with Crippen molar-refractivity contribution in [3.63, 3.8) is 0 Å². The van der Waals surface area contributed by atoms with Gasteiger partial charge in [-0.15, -0.1) is 0 Å². The van der Waals surface area contributed by atoms with Crippen LogP contribution in [-0.2, 0) is 0 Å². The molecule has 3 nitrogen and oxygen atoms in total. The van der Waals surface area contributed by atoms with Crippen LogP contribution in [0.1, 0.15) is 35.2 Å². The first-order valence-electron chi connectivity index (χ1n) is 8.73. The molecule has 138 valence electrons. The molecule has 2 aromatic carbocycles. The number of carbonyl (C=O) groups excluding carboxylic acids is 1. The highest BCUT2D eigenvalue weighted by atomic mass is 35.5. The van der Waals surface area contributed by atoms with Gasteiger partial charge < -0.3 is 10.2 Å². The molecule has 0 aromatic heterocycles. The molecular weight excluding hydrogens is 391 g/mol. The van der Waals surface area contributed by atoms with Crippen molar-refractivity contribution in [3.8, 4) is 0 Å². The summed E-state index contributed by atoms with van der Waals surface area (Å²) in [6, 6.07) is 12.9. The zero-order chi connectivity index (χ0) is 18.7. The second-order valence-electron chi connectivity index (χ2n) is 6.44. The van der Waals surface area contributed by atoms with Crippen LogP contribution in [0.3, 0.4) is 0 Å². The second kappa shape index (κ2) is 8.62. The number of hydrogen-bond acceptors (Lipinski definition) is 2. The smallest absolute Gasteiger partial charge is 0.254 e. The van der Waals surface area contributed by atoms with Gasteiger partial charge in [-0.2, -0.15) is 0 Å². The summed E-state index contributed by atoms with van der Waals surface area (Å²) in [7, 11) is 0. The van der Waals surface area contributed by atoms with Crippen molar-refractivity contribution in [1.82, 2.24) is 10.2 Å². The minimum Gasteiger partial charge on any atom is -0.335 e. The van der Waals surface area contributed by atoms with E-state index in [1.165, 1.54) is 0 Å². The van der Waals surface area contributed by atoms with Gasteiger partial charge in [-0.1, -0.05) is 40.9 Å². The third kappa shape index (κ3) is 4.17. The highest BCUT2D eigenvalue weighted by molar-refractivity contribution is 6.42. The molecule has 0 radical (unpaired) electrons. The largest absolute Gasteiger partial charge is 0.335 e. The van der Waals surface area contributed by atoms with E-state index in [0.29, 0.717) is 27.2 Å². The Labute approximate surface area is 169 Å². The number of rotatable bonds is 4. The van der Waals surface area contributed by atoms with E-state index in [9.17, 15) is 4.79 Å². The van der Waals surface area contributed by atoms with Gasteiger partial charge in [0.2, 0.25) is 0 Å². The zero-order valence-corrected chi connectivity index (χ0v) is 16.8. The maximum atomic E-state index is 13.1. The monoisotopic (exact) mass is 410 g/mol. The fraction of sp³-hybridized carbons (Fsp3) is 0.350. The molecule has 1 saturated heterocycles. The molecule has 0 saturated carbocycles. The van der Waals surface area contributed by atoms with E-state index in [2.05, 4.69) is 5.32 Å². The van der Waals surface area contributed by atoms with E-state index >= 15 is 0 Å². The summed E-state index contributed by atoms with van der Waals surface area (Å²) >= 11 is 18.2. The van der Waals surface area contributed by atoms with Gasteiger partial charge in [0.25, 0.3) is 5.91 Å². The average molecular weight is 412 g/mol. The van der Waals surface area contributed by atoms with E-state index < -0.39 is 0 Å². The van der Waals surface area contributed by atoms with Crippen molar-refractivity contribution in [2.24, 2.45) is 0 Å². The lowest BCUT2D eigenvalue weighted by atomic mass is 9.85. The molecule has 1 N–H and O–H groups in total. The van der Waals surface area contributed by atoms with Crippen LogP contribution in [-0.4, -0.2) is 36.5 Å². The highest BCUT2D eigenvalue weighted by Gasteiger charge is 2.33. The van der Waals surface area contributed by atoms with Crippen molar-refractivity contribution < 1.29 is 4.79 Å². The maximum Gasteiger partial charge on any atom is 0.254 e. The summed E-state index contributed by atoms with van der Waals surface area (Å²) in [4.78, 5) is 15.1. The van der Waals surface area contributed by atoms with Crippen molar-refractivity contribution in [3.05, 3.63) is 68.7 Å².